The summed E-state index contributed by atoms with van der Waals surface area (Å²) in [6, 6.07) is 9.25. The molecule has 1 N–H and O–H groups in total. The van der Waals surface area contributed by atoms with E-state index >= 15 is 0 Å². The van der Waals surface area contributed by atoms with Crippen LogP contribution in [0.25, 0.3) is 0 Å². The van der Waals surface area contributed by atoms with Crippen molar-refractivity contribution in [2.75, 3.05) is 46.2 Å². The number of carbonyl (C=O) groups is 3. The van der Waals surface area contributed by atoms with Crippen molar-refractivity contribution < 1.29 is 43.2 Å². The van der Waals surface area contributed by atoms with Crippen LogP contribution in [0.15, 0.2) is 66.3 Å². The average Bonchev–Trinajstić information content (AvgIpc) is 2.88. The number of benzene rings is 1. The van der Waals surface area contributed by atoms with Crippen LogP contribution >= 0.6 is 0 Å². The summed E-state index contributed by atoms with van der Waals surface area (Å²) in [7, 11) is 0. The van der Waals surface area contributed by atoms with Crippen LogP contribution in [-0.4, -0.2) is 69.3 Å². The number of ether oxygens (including phenoxy) is 5. The van der Waals surface area contributed by atoms with Gasteiger partial charge in [-0.1, -0.05) is 49.6 Å². The molecule has 0 amide bonds. The summed E-state index contributed by atoms with van der Waals surface area (Å²) in [6.07, 6.45) is 1.58. The Bertz CT molecular complexity index is 834. The number of allylic oxidation sites excluding steroid dienone is 1. The number of rotatable bonds is 16. The van der Waals surface area contributed by atoms with E-state index in [4.69, 9.17) is 24.1 Å². The van der Waals surface area contributed by atoms with Gasteiger partial charge >= 0.3 is 17.9 Å². The molecular formula is C27H38O9. The van der Waals surface area contributed by atoms with E-state index in [0.29, 0.717) is 33.0 Å². The molecule has 1 aromatic rings. The molecule has 36 heavy (non-hydrogen) atoms. The van der Waals surface area contributed by atoms with Gasteiger partial charge in [0.05, 0.1) is 39.6 Å². The number of carbonyl (C=O) groups excluding carboxylic acids is 3. The Kier molecular flexibility index (Phi) is 19.4. The van der Waals surface area contributed by atoms with Gasteiger partial charge in [0.1, 0.15) is 6.61 Å². The van der Waals surface area contributed by atoms with Crippen LogP contribution in [0, 0.1) is 0 Å². The van der Waals surface area contributed by atoms with E-state index in [0.717, 1.165) is 12.2 Å². The summed E-state index contributed by atoms with van der Waals surface area (Å²) in [5.41, 5.74) is 1.39. The Balaban J connectivity index is 0.000000860. The lowest BCUT2D eigenvalue weighted by Gasteiger charge is -2.06. The molecule has 1 aromatic carbocycles. The Morgan fingerprint density at radius 1 is 0.861 bits per heavy atom. The molecule has 0 spiro atoms. The molecule has 0 radical (unpaired) electrons. The minimum absolute atomic E-state index is 0.0684. The first-order valence-corrected chi connectivity index (χ1v) is 11.5. The molecule has 9 nitrogen and oxygen atoms in total. The molecule has 0 unspecified atom stereocenters. The van der Waals surface area contributed by atoms with E-state index in [1.54, 1.807) is 0 Å². The van der Waals surface area contributed by atoms with Gasteiger partial charge in [-0.25, -0.2) is 14.4 Å². The first-order chi connectivity index (χ1) is 17.2. The number of esters is 3. The van der Waals surface area contributed by atoms with Gasteiger partial charge in [0.25, 0.3) is 0 Å². The second kappa shape index (κ2) is 21.2. The van der Waals surface area contributed by atoms with Crippen LogP contribution in [0.2, 0.25) is 0 Å². The van der Waals surface area contributed by atoms with Crippen molar-refractivity contribution in [3.63, 3.8) is 0 Å². The molecule has 0 aliphatic rings. The quantitative estimate of drug-likeness (QED) is 0.156. The third-order valence-electron chi connectivity index (χ3n) is 4.20. The van der Waals surface area contributed by atoms with Gasteiger partial charge < -0.3 is 28.8 Å². The normalized spacial score (nSPS) is 10.6. The highest BCUT2D eigenvalue weighted by atomic mass is 16.6. The van der Waals surface area contributed by atoms with Crippen molar-refractivity contribution >= 4 is 17.9 Å². The monoisotopic (exact) mass is 506 g/mol. The molecular weight excluding hydrogens is 468 g/mol. The van der Waals surface area contributed by atoms with E-state index in [-0.39, 0.29) is 36.4 Å². The van der Waals surface area contributed by atoms with E-state index in [1.165, 1.54) is 19.9 Å². The van der Waals surface area contributed by atoms with Gasteiger partial charge in [-0.15, -0.1) is 0 Å². The van der Waals surface area contributed by atoms with Crippen LogP contribution in [-0.2, 0) is 44.7 Å². The minimum atomic E-state index is -0.784. The highest BCUT2D eigenvalue weighted by Crippen LogP contribution is 2.09. The van der Waals surface area contributed by atoms with E-state index in [1.807, 2.05) is 37.3 Å². The highest BCUT2D eigenvalue weighted by molar-refractivity contribution is 6.01. The Hall–Kier alpha value is -3.11. The molecule has 9 heteroatoms. The average molecular weight is 507 g/mol. The van der Waals surface area contributed by atoms with Gasteiger partial charge in [-0.3, -0.25) is 0 Å². The van der Waals surface area contributed by atoms with Gasteiger partial charge in [0.15, 0.2) is 0 Å². The molecule has 1 rings (SSSR count). The Morgan fingerprint density at radius 2 is 1.44 bits per heavy atom. The largest absolute Gasteiger partial charge is 0.457 e. The van der Waals surface area contributed by atoms with Crippen LogP contribution < -0.4 is 0 Å². The second-order valence-electron chi connectivity index (χ2n) is 7.36. The maximum atomic E-state index is 11.8. The molecule has 0 aliphatic carbocycles. The highest BCUT2D eigenvalue weighted by Gasteiger charge is 2.14. The fourth-order valence-electron chi connectivity index (χ4n) is 2.17. The SMILES string of the molecule is C=C(C)C(=O)OC(=O)C(C)=CCC(=C)C(=O)OCc1ccccc1.CCOCCOCCOCCO. The fraction of sp³-hybridized carbons (Fsp3) is 0.444. The molecule has 0 atom stereocenters. The predicted molar refractivity (Wildman–Crippen MR) is 135 cm³/mol. The Morgan fingerprint density at radius 3 is 2.00 bits per heavy atom. The van der Waals surface area contributed by atoms with Crippen LogP contribution in [0.1, 0.15) is 32.8 Å². The Labute approximate surface area is 213 Å². The smallest absolute Gasteiger partial charge is 0.341 e. The molecule has 0 fully saturated rings. The summed E-state index contributed by atoms with van der Waals surface area (Å²) in [6.45, 7) is 15.6. The number of hydrogen-bond donors (Lipinski definition) is 1. The van der Waals surface area contributed by atoms with E-state index in [2.05, 4.69) is 17.9 Å². The van der Waals surface area contributed by atoms with Gasteiger partial charge in [-0.05, 0) is 32.8 Å². The van der Waals surface area contributed by atoms with Crippen molar-refractivity contribution in [1.82, 2.24) is 0 Å². The molecule has 0 aromatic heterocycles. The van der Waals surface area contributed by atoms with Crippen molar-refractivity contribution in [1.29, 1.82) is 0 Å². The summed E-state index contributed by atoms with van der Waals surface area (Å²) < 4.78 is 24.9. The number of aliphatic hydroxyl groups excluding tert-OH is 1. The van der Waals surface area contributed by atoms with Gasteiger partial charge in [0.2, 0.25) is 0 Å². The van der Waals surface area contributed by atoms with Crippen molar-refractivity contribution in [2.24, 2.45) is 0 Å². The van der Waals surface area contributed by atoms with Gasteiger partial charge in [-0.2, -0.15) is 0 Å². The minimum Gasteiger partial charge on any atom is -0.457 e. The predicted octanol–water partition coefficient (Wildman–Crippen LogP) is 3.32. The van der Waals surface area contributed by atoms with Crippen LogP contribution in [0.4, 0.5) is 0 Å². The summed E-state index contributed by atoms with van der Waals surface area (Å²) in [4.78, 5) is 34.7. The topological polar surface area (TPSA) is 118 Å². The summed E-state index contributed by atoms with van der Waals surface area (Å²) in [5.74, 6) is -2.11. The fourth-order valence-corrected chi connectivity index (χ4v) is 2.17. The number of aliphatic hydroxyl groups is 1. The molecule has 0 aliphatic heterocycles. The summed E-state index contributed by atoms with van der Waals surface area (Å²) >= 11 is 0. The van der Waals surface area contributed by atoms with Crippen molar-refractivity contribution in [2.45, 2.75) is 33.8 Å². The zero-order valence-corrected chi connectivity index (χ0v) is 21.5. The molecule has 0 saturated heterocycles. The third kappa shape index (κ3) is 17.3. The lowest BCUT2D eigenvalue weighted by molar-refractivity contribution is -0.154. The zero-order chi connectivity index (χ0) is 27.2. The number of hydrogen-bond acceptors (Lipinski definition) is 9. The molecule has 0 heterocycles. The van der Waals surface area contributed by atoms with Crippen molar-refractivity contribution in [3.8, 4) is 0 Å². The molecule has 0 bridgehead atoms. The van der Waals surface area contributed by atoms with E-state index < -0.39 is 17.9 Å². The molecule has 200 valence electrons. The lowest BCUT2D eigenvalue weighted by Crippen LogP contribution is -2.13. The molecule has 0 saturated carbocycles. The van der Waals surface area contributed by atoms with Crippen molar-refractivity contribution in [3.05, 3.63) is 71.8 Å². The maximum Gasteiger partial charge on any atom is 0.341 e. The van der Waals surface area contributed by atoms with Crippen LogP contribution in [0.5, 0.6) is 0 Å². The summed E-state index contributed by atoms with van der Waals surface area (Å²) in [5, 5.41) is 8.35. The van der Waals surface area contributed by atoms with E-state index in [9.17, 15) is 14.4 Å². The maximum absolute atomic E-state index is 11.8. The first-order valence-electron chi connectivity index (χ1n) is 11.5. The lowest BCUT2D eigenvalue weighted by atomic mass is 10.1. The second-order valence-corrected chi connectivity index (χ2v) is 7.36. The third-order valence-corrected chi connectivity index (χ3v) is 4.20. The zero-order valence-electron chi connectivity index (χ0n) is 21.5. The first kappa shape index (κ1) is 32.9. The standard InChI is InChI=1S/C19H20O5.C8H18O4/c1-13(2)17(20)24-19(22)15(4)11-10-14(3)18(21)23-12-16-8-6-5-7-9-16;1-2-10-5-6-12-8-7-11-4-3-9/h5-9,11H,1,3,10,12H2,2,4H3;9H,2-8H2,1H3. The van der Waals surface area contributed by atoms with Gasteiger partial charge in [0, 0.05) is 23.3 Å². The van der Waals surface area contributed by atoms with Crippen LogP contribution in [0.3, 0.4) is 0 Å².